The smallest absolute Gasteiger partial charge is 0.229 e. The van der Waals surface area contributed by atoms with Gasteiger partial charge in [-0.15, -0.1) is 0 Å². The van der Waals surface area contributed by atoms with Crippen LogP contribution < -0.4 is 4.74 Å². The Morgan fingerprint density at radius 2 is 2.20 bits per heavy atom. The minimum Gasteiger partial charge on any atom is -0.482 e. The maximum Gasteiger partial charge on any atom is 0.229 e. The van der Waals surface area contributed by atoms with Crippen molar-refractivity contribution in [2.75, 3.05) is 0 Å². The number of hydrogen-bond acceptors (Lipinski definition) is 5. The third-order valence-corrected chi connectivity index (χ3v) is 2.67. The highest BCUT2D eigenvalue weighted by atomic mass is 19.1. The van der Waals surface area contributed by atoms with Crippen molar-refractivity contribution in [3.05, 3.63) is 41.3 Å². The minimum absolute atomic E-state index is 0.00651. The molecule has 0 N–H and O–H groups in total. The van der Waals surface area contributed by atoms with Crippen LogP contribution in [0.5, 0.6) is 5.75 Å². The van der Waals surface area contributed by atoms with Gasteiger partial charge in [-0.25, -0.2) is 4.39 Å². The summed E-state index contributed by atoms with van der Waals surface area (Å²) in [6.45, 7) is 5.24. The van der Waals surface area contributed by atoms with Gasteiger partial charge < -0.3 is 9.26 Å². The Bertz CT molecular complexity index is 623. The molecular formula is C14H15FN2O3. The summed E-state index contributed by atoms with van der Waals surface area (Å²) in [4.78, 5) is 15.2. The highest BCUT2D eigenvalue weighted by molar-refractivity contribution is 5.94. The van der Waals surface area contributed by atoms with Crippen molar-refractivity contribution in [2.45, 2.75) is 33.3 Å². The monoisotopic (exact) mass is 278 g/mol. The van der Waals surface area contributed by atoms with Crippen LogP contribution in [-0.4, -0.2) is 15.9 Å². The number of hydrogen-bond donors (Lipinski definition) is 0. The van der Waals surface area contributed by atoms with Crippen LogP contribution in [0.4, 0.5) is 4.39 Å². The molecule has 106 valence electrons. The number of nitrogens with zero attached hydrogens (tertiary/aromatic N) is 2. The van der Waals surface area contributed by atoms with E-state index in [9.17, 15) is 9.18 Å². The number of halogens is 1. The van der Waals surface area contributed by atoms with Crippen molar-refractivity contribution < 1.29 is 18.4 Å². The first-order valence-electron chi connectivity index (χ1n) is 6.23. The number of benzene rings is 1. The van der Waals surface area contributed by atoms with Gasteiger partial charge in [0.05, 0.1) is 0 Å². The normalized spacial score (nSPS) is 10.8. The first-order chi connectivity index (χ1) is 9.47. The molecule has 0 radical (unpaired) electrons. The Kier molecular flexibility index (Phi) is 4.12. The molecule has 0 aliphatic rings. The highest BCUT2D eigenvalue weighted by Crippen LogP contribution is 2.20. The van der Waals surface area contributed by atoms with Crippen molar-refractivity contribution in [1.29, 1.82) is 0 Å². The number of ether oxygens (including phenoxy) is 1. The van der Waals surface area contributed by atoms with E-state index < -0.39 is 5.82 Å². The fourth-order valence-corrected chi connectivity index (χ4v) is 1.54. The van der Waals surface area contributed by atoms with Gasteiger partial charge in [-0.1, -0.05) is 19.0 Å². The molecule has 2 rings (SSSR count). The average molecular weight is 278 g/mol. The predicted molar refractivity (Wildman–Crippen MR) is 69.1 cm³/mol. The quantitative estimate of drug-likeness (QED) is 0.786. The predicted octanol–water partition coefficient (Wildman–Crippen LogP) is 3.11. The van der Waals surface area contributed by atoms with Gasteiger partial charge in [0.2, 0.25) is 11.7 Å². The van der Waals surface area contributed by atoms with Crippen LogP contribution in [-0.2, 0) is 6.61 Å². The van der Waals surface area contributed by atoms with Crippen molar-refractivity contribution in [3.8, 4) is 5.75 Å². The molecule has 0 spiro atoms. The van der Waals surface area contributed by atoms with Gasteiger partial charge in [-0.05, 0) is 25.1 Å². The number of aromatic nitrogens is 2. The molecule has 0 bridgehead atoms. The zero-order valence-corrected chi connectivity index (χ0v) is 11.5. The summed E-state index contributed by atoms with van der Waals surface area (Å²) in [6, 6.07) is 4.07. The van der Waals surface area contributed by atoms with Crippen molar-refractivity contribution >= 4 is 5.78 Å². The summed E-state index contributed by atoms with van der Waals surface area (Å²) in [5.74, 6) is 0.244. The topological polar surface area (TPSA) is 65.2 Å². The first kappa shape index (κ1) is 14.2. The number of ketones is 1. The highest BCUT2D eigenvalue weighted by Gasteiger charge is 2.12. The lowest BCUT2D eigenvalue weighted by molar-refractivity contribution is 0.101. The number of Topliss-reactive ketones (excluding diaryl/α,β-unsaturated/α-hetero) is 1. The summed E-state index contributed by atoms with van der Waals surface area (Å²) in [5, 5.41) is 3.74. The van der Waals surface area contributed by atoms with Gasteiger partial charge in [0.15, 0.2) is 24.0 Å². The van der Waals surface area contributed by atoms with E-state index in [-0.39, 0.29) is 24.1 Å². The molecule has 0 saturated carbocycles. The molecule has 0 saturated heterocycles. The van der Waals surface area contributed by atoms with Crippen LogP contribution >= 0.6 is 0 Å². The summed E-state index contributed by atoms with van der Waals surface area (Å²) < 4.78 is 24.0. The Morgan fingerprint density at radius 3 is 2.75 bits per heavy atom. The van der Waals surface area contributed by atoms with Crippen molar-refractivity contribution in [3.63, 3.8) is 0 Å². The van der Waals surface area contributed by atoms with Gasteiger partial charge in [-0.2, -0.15) is 4.98 Å². The van der Waals surface area contributed by atoms with Crippen LogP contribution in [0.3, 0.4) is 0 Å². The van der Waals surface area contributed by atoms with E-state index in [4.69, 9.17) is 9.26 Å². The Labute approximate surface area is 115 Å². The molecule has 0 atom stereocenters. The lowest BCUT2D eigenvalue weighted by Crippen LogP contribution is -2.01. The Hall–Kier alpha value is -2.24. The molecule has 0 unspecified atom stereocenters. The summed E-state index contributed by atoms with van der Waals surface area (Å²) in [5.41, 5.74) is 0.302. The second kappa shape index (κ2) is 5.81. The second-order valence-corrected chi connectivity index (χ2v) is 4.69. The standard InChI is InChI=1S/C14H15FN2O3/c1-8(2)14-16-13(17-20-14)7-19-12-5-4-10(9(3)18)6-11(12)15/h4-6,8H,7H2,1-3H3. The summed E-state index contributed by atoms with van der Waals surface area (Å²) >= 11 is 0. The second-order valence-electron chi connectivity index (χ2n) is 4.69. The minimum atomic E-state index is -0.592. The molecule has 0 aliphatic heterocycles. The van der Waals surface area contributed by atoms with E-state index in [2.05, 4.69) is 10.1 Å². The maximum atomic E-state index is 13.7. The SMILES string of the molecule is CC(=O)c1ccc(OCc2noc(C(C)C)n2)c(F)c1. The van der Waals surface area contributed by atoms with Crippen LogP contribution in [0.15, 0.2) is 22.7 Å². The molecule has 1 aromatic heterocycles. The Morgan fingerprint density at radius 1 is 1.45 bits per heavy atom. The van der Waals surface area contributed by atoms with Crippen LogP contribution in [0, 0.1) is 5.82 Å². The fourth-order valence-electron chi connectivity index (χ4n) is 1.54. The van der Waals surface area contributed by atoms with Crippen LogP contribution in [0.1, 0.15) is 48.8 Å². The van der Waals surface area contributed by atoms with E-state index in [1.54, 1.807) is 0 Å². The summed E-state index contributed by atoms with van der Waals surface area (Å²) in [7, 11) is 0. The van der Waals surface area contributed by atoms with E-state index in [1.165, 1.54) is 19.1 Å². The molecule has 6 heteroatoms. The van der Waals surface area contributed by atoms with Gasteiger partial charge >= 0.3 is 0 Å². The third kappa shape index (κ3) is 3.20. The van der Waals surface area contributed by atoms with Crippen LogP contribution in [0.25, 0.3) is 0 Å². The van der Waals surface area contributed by atoms with Gasteiger partial charge in [-0.3, -0.25) is 4.79 Å². The molecule has 20 heavy (non-hydrogen) atoms. The van der Waals surface area contributed by atoms with Crippen molar-refractivity contribution in [1.82, 2.24) is 10.1 Å². The molecule has 0 fully saturated rings. The third-order valence-electron chi connectivity index (χ3n) is 2.67. The number of rotatable bonds is 5. The Balaban J connectivity index is 2.05. The zero-order chi connectivity index (χ0) is 14.7. The maximum absolute atomic E-state index is 13.7. The molecule has 2 aromatic rings. The van der Waals surface area contributed by atoms with Gasteiger partial charge in [0.1, 0.15) is 0 Å². The number of carbonyl (C=O) groups excluding carboxylic acids is 1. The zero-order valence-electron chi connectivity index (χ0n) is 11.5. The summed E-state index contributed by atoms with van der Waals surface area (Å²) in [6.07, 6.45) is 0. The van der Waals surface area contributed by atoms with E-state index in [0.29, 0.717) is 17.3 Å². The fraction of sp³-hybridized carbons (Fsp3) is 0.357. The molecule has 1 aromatic carbocycles. The lowest BCUT2D eigenvalue weighted by atomic mass is 10.1. The molecular weight excluding hydrogens is 263 g/mol. The van der Waals surface area contributed by atoms with Crippen LogP contribution in [0.2, 0.25) is 0 Å². The molecule has 5 nitrogen and oxygen atoms in total. The molecule has 0 aliphatic carbocycles. The van der Waals surface area contributed by atoms with Gasteiger partial charge in [0.25, 0.3) is 0 Å². The lowest BCUT2D eigenvalue weighted by Gasteiger charge is -2.05. The molecule has 0 amide bonds. The van der Waals surface area contributed by atoms with E-state index in [1.807, 2.05) is 13.8 Å². The van der Waals surface area contributed by atoms with E-state index in [0.717, 1.165) is 6.07 Å². The average Bonchev–Trinajstić information content (AvgIpc) is 2.86. The number of carbonyl (C=O) groups is 1. The molecule has 1 heterocycles. The van der Waals surface area contributed by atoms with E-state index >= 15 is 0 Å². The van der Waals surface area contributed by atoms with Crippen molar-refractivity contribution in [2.24, 2.45) is 0 Å². The van der Waals surface area contributed by atoms with Gasteiger partial charge in [0, 0.05) is 11.5 Å². The largest absolute Gasteiger partial charge is 0.482 e. The first-order valence-corrected chi connectivity index (χ1v) is 6.23.